The van der Waals surface area contributed by atoms with Gasteiger partial charge in [0.2, 0.25) is 0 Å². The summed E-state index contributed by atoms with van der Waals surface area (Å²) in [5, 5.41) is 13.9. The molecule has 2 aliphatic heterocycles. The number of anilines is 1. The van der Waals surface area contributed by atoms with Crippen molar-refractivity contribution in [3.63, 3.8) is 0 Å². The van der Waals surface area contributed by atoms with Crippen molar-refractivity contribution in [3.8, 4) is 5.75 Å². The van der Waals surface area contributed by atoms with Crippen molar-refractivity contribution in [2.75, 3.05) is 18.5 Å². The summed E-state index contributed by atoms with van der Waals surface area (Å²) >= 11 is 3.36. The Morgan fingerprint density at radius 2 is 2.08 bits per heavy atom. The molecule has 2 N–H and O–H groups in total. The van der Waals surface area contributed by atoms with Crippen LogP contribution in [0.2, 0.25) is 0 Å². The summed E-state index contributed by atoms with van der Waals surface area (Å²) in [4.78, 5) is 14.9. The van der Waals surface area contributed by atoms with Crippen LogP contribution in [-0.4, -0.2) is 35.2 Å². The molecular formula is C19H19BrN2O3. The lowest BCUT2D eigenvalue weighted by Gasteiger charge is -2.39. The molecule has 2 aromatic carbocycles. The fourth-order valence-corrected chi connectivity index (χ4v) is 3.87. The van der Waals surface area contributed by atoms with Crippen molar-refractivity contribution in [1.29, 1.82) is 0 Å². The lowest BCUT2D eigenvalue weighted by atomic mass is 10.0. The van der Waals surface area contributed by atoms with E-state index in [9.17, 15) is 9.90 Å². The summed E-state index contributed by atoms with van der Waals surface area (Å²) in [7, 11) is 0. The number of rotatable bonds is 3. The molecule has 2 heterocycles. The molecule has 0 unspecified atom stereocenters. The minimum absolute atomic E-state index is 0.0350. The maximum absolute atomic E-state index is 13.1. The Bertz CT molecular complexity index is 805. The van der Waals surface area contributed by atoms with Gasteiger partial charge < -0.3 is 20.1 Å². The van der Waals surface area contributed by atoms with Gasteiger partial charge in [0.05, 0.1) is 16.1 Å². The van der Waals surface area contributed by atoms with Crippen molar-refractivity contribution in [3.05, 3.63) is 58.1 Å². The number of amides is 1. The Balaban J connectivity index is 1.75. The quantitative estimate of drug-likeness (QED) is 0.816. The molecule has 5 nitrogen and oxygen atoms in total. The van der Waals surface area contributed by atoms with Crippen LogP contribution in [0.1, 0.15) is 34.9 Å². The summed E-state index contributed by atoms with van der Waals surface area (Å²) in [5.41, 5.74) is 2.09. The molecule has 0 aliphatic carbocycles. The molecule has 4 rings (SSSR count). The van der Waals surface area contributed by atoms with E-state index in [0.29, 0.717) is 22.1 Å². The van der Waals surface area contributed by atoms with Gasteiger partial charge >= 0.3 is 0 Å². The third-order valence-corrected chi connectivity index (χ3v) is 5.40. The van der Waals surface area contributed by atoms with Gasteiger partial charge in [-0.15, -0.1) is 0 Å². The lowest BCUT2D eigenvalue weighted by Crippen LogP contribution is -2.46. The first-order chi connectivity index (χ1) is 12.1. The van der Waals surface area contributed by atoms with Crippen molar-refractivity contribution in [2.45, 2.75) is 25.1 Å². The van der Waals surface area contributed by atoms with E-state index in [-0.39, 0.29) is 17.8 Å². The monoisotopic (exact) mass is 402 g/mol. The zero-order valence-electron chi connectivity index (χ0n) is 13.6. The number of ether oxygens (including phenoxy) is 1. The van der Waals surface area contributed by atoms with E-state index >= 15 is 0 Å². The molecule has 1 fully saturated rings. The molecule has 0 saturated carbocycles. The van der Waals surface area contributed by atoms with Gasteiger partial charge in [0.1, 0.15) is 11.9 Å². The third-order valence-electron chi connectivity index (χ3n) is 4.76. The summed E-state index contributed by atoms with van der Waals surface area (Å²) in [6, 6.07) is 12.9. The van der Waals surface area contributed by atoms with Crippen LogP contribution >= 0.6 is 15.9 Å². The van der Waals surface area contributed by atoms with Crippen LogP contribution in [0.15, 0.2) is 46.9 Å². The molecule has 25 heavy (non-hydrogen) atoms. The third kappa shape index (κ3) is 3.00. The SMILES string of the molecule is O=C1c2ccccc2N[C@H](c2cccc(Br)c2O)N1C[C@@H]1CCCO1. The number of hydrogen-bond acceptors (Lipinski definition) is 4. The first kappa shape index (κ1) is 16.4. The number of hydrogen-bond donors (Lipinski definition) is 2. The number of carbonyl (C=O) groups excluding carboxylic acids is 1. The fraction of sp³-hybridized carbons (Fsp3) is 0.316. The van der Waals surface area contributed by atoms with E-state index in [4.69, 9.17) is 4.74 Å². The minimum Gasteiger partial charge on any atom is -0.506 e. The van der Waals surface area contributed by atoms with E-state index in [1.807, 2.05) is 36.4 Å². The molecule has 2 atom stereocenters. The van der Waals surface area contributed by atoms with E-state index in [2.05, 4.69) is 21.2 Å². The van der Waals surface area contributed by atoms with Crippen LogP contribution in [-0.2, 0) is 4.74 Å². The smallest absolute Gasteiger partial charge is 0.257 e. The van der Waals surface area contributed by atoms with E-state index in [1.54, 1.807) is 11.0 Å². The Morgan fingerprint density at radius 1 is 1.24 bits per heavy atom. The van der Waals surface area contributed by atoms with Crippen molar-refractivity contribution in [1.82, 2.24) is 4.90 Å². The highest BCUT2D eigenvalue weighted by Gasteiger charge is 2.36. The summed E-state index contributed by atoms with van der Waals surface area (Å²) in [6.07, 6.45) is 1.56. The zero-order valence-corrected chi connectivity index (χ0v) is 15.2. The van der Waals surface area contributed by atoms with Crippen LogP contribution in [0, 0.1) is 0 Å². The van der Waals surface area contributed by atoms with E-state index in [0.717, 1.165) is 25.1 Å². The van der Waals surface area contributed by atoms with Gasteiger partial charge in [-0.1, -0.05) is 24.3 Å². The number of halogens is 1. The number of phenolic OH excluding ortho intramolecular Hbond substituents is 1. The number of carbonyl (C=O) groups is 1. The number of aromatic hydroxyl groups is 1. The number of nitrogens with zero attached hydrogens (tertiary/aromatic N) is 1. The van der Waals surface area contributed by atoms with Gasteiger partial charge in [-0.3, -0.25) is 4.79 Å². The lowest BCUT2D eigenvalue weighted by molar-refractivity contribution is 0.0424. The summed E-state index contributed by atoms with van der Waals surface area (Å²) in [5.74, 6) is 0.0961. The molecule has 0 spiro atoms. The van der Waals surface area contributed by atoms with Crippen LogP contribution in [0.5, 0.6) is 5.75 Å². The average molecular weight is 403 g/mol. The van der Waals surface area contributed by atoms with Gasteiger partial charge in [-0.25, -0.2) is 0 Å². The Kier molecular flexibility index (Phi) is 4.39. The van der Waals surface area contributed by atoms with Crippen LogP contribution in [0.25, 0.3) is 0 Å². The molecular weight excluding hydrogens is 384 g/mol. The molecule has 0 aromatic heterocycles. The molecule has 0 radical (unpaired) electrons. The number of fused-ring (bicyclic) bond motifs is 1. The van der Waals surface area contributed by atoms with E-state index in [1.165, 1.54) is 0 Å². The molecule has 2 aliphatic rings. The van der Waals surface area contributed by atoms with Gasteiger partial charge in [0, 0.05) is 24.4 Å². The molecule has 1 amide bonds. The predicted molar refractivity (Wildman–Crippen MR) is 98.6 cm³/mol. The molecule has 0 bridgehead atoms. The van der Waals surface area contributed by atoms with Gasteiger partial charge in [-0.2, -0.15) is 0 Å². The second-order valence-electron chi connectivity index (χ2n) is 6.36. The predicted octanol–water partition coefficient (Wildman–Crippen LogP) is 3.90. The van der Waals surface area contributed by atoms with Crippen LogP contribution in [0.3, 0.4) is 0 Å². The van der Waals surface area contributed by atoms with Gasteiger partial charge in [-0.05, 0) is 47.0 Å². The normalized spacial score (nSPS) is 22.6. The average Bonchev–Trinajstić information content (AvgIpc) is 3.13. The van der Waals surface area contributed by atoms with Crippen LogP contribution < -0.4 is 5.32 Å². The van der Waals surface area contributed by atoms with Crippen LogP contribution in [0.4, 0.5) is 5.69 Å². The maximum atomic E-state index is 13.1. The van der Waals surface area contributed by atoms with Gasteiger partial charge in [0.25, 0.3) is 5.91 Å². The first-order valence-electron chi connectivity index (χ1n) is 8.40. The summed E-state index contributed by atoms with van der Waals surface area (Å²) in [6.45, 7) is 1.24. The summed E-state index contributed by atoms with van der Waals surface area (Å²) < 4.78 is 6.34. The molecule has 130 valence electrons. The second kappa shape index (κ2) is 6.69. The number of benzene rings is 2. The Hall–Kier alpha value is -2.05. The highest BCUT2D eigenvalue weighted by Crippen LogP contribution is 2.39. The Labute approximate surface area is 154 Å². The minimum atomic E-state index is -0.441. The molecule has 1 saturated heterocycles. The topological polar surface area (TPSA) is 61.8 Å². The highest BCUT2D eigenvalue weighted by molar-refractivity contribution is 9.10. The van der Waals surface area contributed by atoms with Crippen molar-refractivity contribution >= 4 is 27.5 Å². The van der Waals surface area contributed by atoms with Gasteiger partial charge in [0.15, 0.2) is 0 Å². The highest BCUT2D eigenvalue weighted by atomic mass is 79.9. The number of para-hydroxylation sites is 2. The van der Waals surface area contributed by atoms with Crippen molar-refractivity contribution in [2.24, 2.45) is 0 Å². The first-order valence-corrected chi connectivity index (χ1v) is 9.20. The number of phenols is 1. The fourth-order valence-electron chi connectivity index (χ4n) is 3.49. The molecule has 6 heteroatoms. The Morgan fingerprint density at radius 3 is 2.88 bits per heavy atom. The molecule has 2 aromatic rings. The standard InChI is InChI=1S/C19H19BrN2O3/c20-15-8-3-7-14(17(15)23)18-21-16-9-2-1-6-13(16)19(24)22(18)11-12-5-4-10-25-12/h1-3,6-9,12,18,21,23H,4-5,10-11H2/t12-,18-/m0/s1. The maximum Gasteiger partial charge on any atom is 0.257 e. The largest absolute Gasteiger partial charge is 0.506 e. The van der Waals surface area contributed by atoms with Crippen molar-refractivity contribution < 1.29 is 14.6 Å². The number of nitrogens with one attached hydrogen (secondary N) is 1. The second-order valence-corrected chi connectivity index (χ2v) is 7.22. The zero-order chi connectivity index (χ0) is 17.4. The van der Waals surface area contributed by atoms with E-state index < -0.39 is 6.17 Å².